The molecule has 0 fully saturated rings. The molecule has 0 aliphatic heterocycles. The molecular formula is C18H14ClN5O4S. The number of nitro benzene ring substituents is 1. The van der Waals surface area contributed by atoms with Crippen molar-refractivity contribution in [1.29, 1.82) is 5.26 Å². The Morgan fingerprint density at radius 3 is 2.79 bits per heavy atom. The second-order valence-corrected chi connectivity index (χ2v) is 7.68. The maximum Gasteiger partial charge on any atom is 0.329 e. The van der Waals surface area contributed by atoms with Crippen molar-refractivity contribution in [3.05, 3.63) is 54.9 Å². The van der Waals surface area contributed by atoms with E-state index in [0.29, 0.717) is 10.6 Å². The number of amides is 2. The fraction of sp³-hybridized carbons (Fsp3) is 0.222. The zero-order valence-corrected chi connectivity index (χ0v) is 16.5. The predicted octanol–water partition coefficient (Wildman–Crippen LogP) is 3.15. The Hall–Kier alpha value is -3.29. The number of hydrogen-bond acceptors (Lipinski definition) is 7. The summed E-state index contributed by atoms with van der Waals surface area (Å²) in [5.74, 6) is -2.06. The van der Waals surface area contributed by atoms with E-state index in [-0.39, 0.29) is 16.3 Å². The zero-order chi connectivity index (χ0) is 21.0. The van der Waals surface area contributed by atoms with E-state index < -0.39 is 16.7 Å². The molecule has 0 saturated carbocycles. The van der Waals surface area contributed by atoms with Crippen molar-refractivity contribution in [3.63, 3.8) is 0 Å². The molecule has 29 heavy (non-hydrogen) atoms. The van der Waals surface area contributed by atoms with Crippen LogP contribution >= 0.6 is 22.9 Å². The molecule has 1 aromatic carbocycles. The van der Waals surface area contributed by atoms with Crippen LogP contribution in [0.15, 0.2) is 23.3 Å². The molecule has 0 spiro atoms. The Labute approximate surface area is 174 Å². The number of nitro groups is 1. The summed E-state index contributed by atoms with van der Waals surface area (Å²) in [6.45, 7) is 0. The summed E-state index contributed by atoms with van der Waals surface area (Å²) in [6, 6.07) is 5.97. The number of anilines is 1. The van der Waals surface area contributed by atoms with Gasteiger partial charge in [-0.1, -0.05) is 11.6 Å². The van der Waals surface area contributed by atoms with Crippen molar-refractivity contribution in [1.82, 2.24) is 5.43 Å². The summed E-state index contributed by atoms with van der Waals surface area (Å²) in [7, 11) is 0. The molecule has 2 N–H and O–H groups in total. The molecule has 1 aliphatic rings. The molecule has 1 aliphatic carbocycles. The number of carbonyl (C=O) groups is 2. The van der Waals surface area contributed by atoms with Crippen molar-refractivity contribution in [3.8, 4) is 6.07 Å². The molecule has 0 bridgehead atoms. The van der Waals surface area contributed by atoms with Gasteiger partial charge in [-0.05, 0) is 43.4 Å². The summed E-state index contributed by atoms with van der Waals surface area (Å²) < 4.78 is 0. The lowest BCUT2D eigenvalue weighted by molar-refractivity contribution is -0.385. The standard InChI is InChI=1S/C18H14ClN5O4S/c19-11-5-6-14(24(27)28)10(7-11)9-21-23-17(26)16(25)22-18-13(8-20)12-3-1-2-4-15(12)29-18/h5-7,9H,1-4H2,(H,22,25)(H,23,26). The molecule has 3 rings (SSSR count). The smallest absolute Gasteiger partial charge is 0.308 e. The topological polar surface area (TPSA) is 137 Å². The van der Waals surface area contributed by atoms with Crippen molar-refractivity contribution in [2.45, 2.75) is 25.7 Å². The Morgan fingerprint density at radius 2 is 2.07 bits per heavy atom. The average Bonchev–Trinajstić information content (AvgIpc) is 3.04. The van der Waals surface area contributed by atoms with Gasteiger partial charge in [0.05, 0.1) is 22.3 Å². The van der Waals surface area contributed by atoms with E-state index in [4.69, 9.17) is 11.6 Å². The molecule has 1 heterocycles. The summed E-state index contributed by atoms with van der Waals surface area (Å²) in [5.41, 5.74) is 3.16. The normalized spacial score (nSPS) is 12.8. The molecule has 148 valence electrons. The Kier molecular flexibility index (Phi) is 6.21. The third kappa shape index (κ3) is 4.59. The zero-order valence-electron chi connectivity index (χ0n) is 14.9. The van der Waals surface area contributed by atoms with Gasteiger partial charge in [0.15, 0.2) is 0 Å². The van der Waals surface area contributed by atoms with Crippen molar-refractivity contribution < 1.29 is 14.5 Å². The van der Waals surface area contributed by atoms with Gasteiger partial charge < -0.3 is 5.32 Å². The van der Waals surface area contributed by atoms with Crippen LogP contribution in [-0.4, -0.2) is 23.0 Å². The fourth-order valence-electron chi connectivity index (χ4n) is 2.94. The second kappa shape index (κ2) is 8.81. The van der Waals surface area contributed by atoms with Gasteiger partial charge in [0, 0.05) is 16.0 Å². The summed E-state index contributed by atoms with van der Waals surface area (Å²) in [5, 5.41) is 27.0. The summed E-state index contributed by atoms with van der Waals surface area (Å²) in [4.78, 5) is 35.6. The van der Waals surface area contributed by atoms with E-state index in [1.165, 1.54) is 29.5 Å². The SMILES string of the molecule is N#Cc1c(NC(=O)C(=O)NN=Cc2cc(Cl)ccc2[N+](=O)[O-])sc2c1CCCC2. The molecule has 9 nitrogen and oxygen atoms in total. The lowest BCUT2D eigenvalue weighted by Crippen LogP contribution is -2.32. The van der Waals surface area contributed by atoms with Gasteiger partial charge in [0.2, 0.25) is 0 Å². The molecule has 1 aromatic heterocycles. The second-order valence-electron chi connectivity index (χ2n) is 6.14. The minimum atomic E-state index is -1.07. The van der Waals surface area contributed by atoms with Gasteiger partial charge >= 0.3 is 11.8 Å². The number of nitriles is 1. The molecular weight excluding hydrogens is 418 g/mol. The molecule has 2 aromatic rings. The lowest BCUT2D eigenvalue weighted by Gasteiger charge is -2.09. The molecule has 11 heteroatoms. The molecule has 0 radical (unpaired) electrons. The summed E-state index contributed by atoms with van der Waals surface area (Å²) in [6.07, 6.45) is 4.66. The first-order valence-electron chi connectivity index (χ1n) is 8.53. The third-order valence-corrected chi connectivity index (χ3v) is 5.71. The van der Waals surface area contributed by atoms with Gasteiger partial charge in [0.1, 0.15) is 11.1 Å². The van der Waals surface area contributed by atoms with Crippen LogP contribution in [0.25, 0.3) is 0 Å². The minimum absolute atomic E-state index is 0.0703. The number of hydrazone groups is 1. The Bertz CT molecular complexity index is 1070. The number of aryl methyl sites for hydroxylation is 1. The van der Waals surface area contributed by atoms with Gasteiger partial charge in [-0.25, -0.2) is 5.43 Å². The summed E-state index contributed by atoms with van der Waals surface area (Å²) >= 11 is 7.11. The van der Waals surface area contributed by atoms with E-state index in [1.54, 1.807) is 0 Å². The fourth-order valence-corrected chi connectivity index (χ4v) is 4.35. The lowest BCUT2D eigenvalue weighted by atomic mass is 9.96. The highest BCUT2D eigenvalue weighted by Gasteiger charge is 2.23. The first-order valence-corrected chi connectivity index (χ1v) is 9.73. The van der Waals surface area contributed by atoms with Gasteiger partial charge in [-0.15, -0.1) is 11.3 Å². The maximum absolute atomic E-state index is 12.1. The van der Waals surface area contributed by atoms with Crippen LogP contribution in [0.4, 0.5) is 10.7 Å². The monoisotopic (exact) mass is 431 g/mol. The molecule has 0 unspecified atom stereocenters. The quantitative estimate of drug-likeness (QED) is 0.331. The largest absolute Gasteiger partial charge is 0.329 e. The van der Waals surface area contributed by atoms with Crippen LogP contribution in [-0.2, 0) is 22.4 Å². The minimum Gasteiger partial charge on any atom is -0.308 e. The van der Waals surface area contributed by atoms with Gasteiger partial charge in [-0.2, -0.15) is 10.4 Å². The van der Waals surface area contributed by atoms with E-state index in [9.17, 15) is 25.0 Å². The van der Waals surface area contributed by atoms with Crippen LogP contribution in [0, 0.1) is 21.4 Å². The van der Waals surface area contributed by atoms with E-state index >= 15 is 0 Å². The number of rotatable bonds is 4. The van der Waals surface area contributed by atoms with Crippen LogP contribution in [0.5, 0.6) is 0 Å². The van der Waals surface area contributed by atoms with Crippen molar-refractivity contribution in [2.24, 2.45) is 5.10 Å². The van der Waals surface area contributed by atoms with Crippen molar-refractivity contribution in [2.75, 3.05) is 5.32 Å². The number of hydrogen-bond donors (Lipinski definition) is 2. The van der Waals surface area contributed by atoms with Crippen LogP contribution in [0.2, 0.25) is 5.02 Å². The first kappa shape index (κ1) is 20.4. The number of nitrogens with one attached hydrogen (secondary N) is 2. The third-order valence-electron chi connectivity index (χ3n) is 4.27. The number of nitrogens with zero attached hydrogens (tertiary/aromatic N) is 3. The molecule has 0 atom stereocenters. The highest BCUT2D eigenvalue weighted by Crippen LogP contribution is 2.37. The van der Waals surface area contributed by atoms with E-state index in [2.05, 4.69) is 16.5 Å². The predicted molar refractivity (Wildman–Crippen MR) is 108 cm³/mol. The van der Waals surface area contributed by atoms with Gasteiger partial charge in [-0.3, -0.25) is 19.7 Å². The number of benzene rings is 1. The first-order chi connectivity index (χ1) is 13.9. The van der Waals surface area contributed by atoms with Crippen LogP contribution in [0.1, 0.15) is 34.4 Å². The van der Waals surface area contributed by atoms with Crippen LogP contribution in [0.3, 0.4) is 0 Å². The van der Waals surface area contributed by atoms with E-state index in [0.717, 1.165) is 42.3 Å². The highest BCUT2D eigenvalue weighted by atomic mass is 35.5. The number of halogens is 1. The Morgan fingerprint density at radius 1 is 1.31 bits per heavy atom. The Balaban J connectivity index is 1.68. The number of thiophene rings is 1. The maximum atomic E-state index is 12.1. The molecule has 0 saturated heterocycles. The number of carbonyl (C=O) groups excluding carboxylic acids is 2. The molecule has 2 amide bonds. The highest BCUT2D eigenvalue weighted by molar-refractivity contribution is 7.16. The van der Waals surface area contributed by atoms with Crippen molar-refractivity contribution >= 4 is 51.7 Å². The van der Waals surface area contributed by atoms with E-state index in [1.807, 2.05) is 5.43 Å². The number of fused-ring (bicyclic) bond motifs is 1. The van der Waals surface area contributed by atoms with Gasteiger partial charge in [0.25, 0.3) is 5.69 Å². The van der Waals surface area contributed by atoms with Crippen LogP contribution < -0.4 is 10.7 Å². The average molecular weight is 432 g/mol.